The Labute approximate surface area is 194 Å². The Morgan fingerprint density at radius 2 is 1.94 bits per heavy atom. The number of anilines is 1. The minimum atomic E-state index is 0.226. The maximum atomic E-state index is 12.0. The van der Waals surface area contributed by atoms with Gasteiger partial charge < -0.3 is 10.6 Å². The van der Waals surface area contributed by atoms with Gasteiger partial charge in [-0.05, 0) is 75.8 Å². The van der Waals surface area contributed by atoms with Crippen LogP contribution in [0.4, 0.5) is 5.69 Å². The van der Waals surface area contributed by atoms with Gasteiger partial charge in [-0.25, -0.2) is 0 Å². The highest BCUT2D eigenvalue weighted by Crippen LogP contribution is 2.39. The predicted molar refractivity (Wildman–Crippen MR) is 136 cm³/mol. The molecule has 1 aromatic carbocycles. The van der Waals surface area contributed by atoms with Crippen molar-refractivity contribution in [1.29, 1.82) is 0 Å². The van der Waals surface area contributed by atoms with Crippen molar-refractivity contribution in [2.24, 2.45) is 0 Å². The summed E-state index contributed by atoms with van der Waals surface area (Å²) >= 11 is 0. The first-order chi connectivity index (χ1) is 15.3. The number of aromatic nitrogens is 1. The number of carbonyl (C=O) groups is 1. The van der Waals surface area contributed by atoms with Gasteiger partial charge in [-0.15, -0.1) is 0 Å². The van der Waals surface area contributed by atoms with E-state index in [0.29, 0.717) is 6.42 Å². The molecule has 0 bridgehead atoms. The molecule has 2 N–H and O–H groups in total. The normalized spacial score (nSPS) is 18.1. The second kappa shape index (κ2) is 12.0. The number of hydrogen-bond acceptors (Lipinski definition) is 5. The molecular weight excluding hydrogens is 422 g/mol. The number of para-hydroxylation sites is 1. The number of nitrogens with zero attached hydrogens (tertiary/aromatic N) is 1. The molecule has 1 aliphatic carbocycles. The van der Waals surface area contributed by atoms with Crippen LogP contribution in [0.5, 0.6) is 0 Å². The molecule has 1 atom stereocenters. The second-order valence-corrected chi connectivity index (χ2v) is 11.5. The molecule has 0 radical (unpaired) electrons. The number of unbranched alkanes of at least 4 members (excludes halogenated alkanes) is 2. The monoisotopic (exact) mass is 457 g/mol. The first kappa shape index (κ1) is 22.8. The Hall–Kier alpha value is -1.40. The lowest BCUT2D eigenvalue weighted by Crippen LogP contribution is -2.24. The van der Waals surface area contributed by atoms with Gasteiger partial charge in [-0.1, -0.05) is 39.8 Å². The minimum Gasteiger partial charge on any atom is -0.384 e. The Bertz CT molecular complexity index is 867. The fourth-order valence-corrected chi connectivity index (χ4v) is 7.61. The van der Waals surface area contributed by atoms with Crippen molar-refractivity contribution in [3.05, 3.63) is 35.5 Å². The lowest BCUT2D eigenvalue weighted by Gasteiger charge is -2.21. The standard InChI is InChI=1S/C25H35N3OS2/c29-24(14-8-9-19-15-18-30-31-19)26-16-6-1-7-17-27-25-20-10-2-4-12-22(20)28-23-13-5-3-11-21(23)25/h2,4,10,12,19H,1,3,5-9,11,13-18H2,(H,26,29)(H,27,28). The summed E-state index contributed by atoms with van der Waals surface area (Å²) in [6, 6.07) is 8.51. The lowest BCUT2D eigenvalue weighted by atomic mass is 9.92. The summed E-state index contributed by atoms with van der Waals surface area (Å²) in [6.07, 6.45) is 12.3. The van der Waals surface area contributed by atoms with Crippen LogP contribution in [0.15, 0.2) is 24.3 Å². The van der Waals surface area contributed by atoms with Crippen LogP contribution < -0.4 is 10.6 Å². The average Bonchev–Trinajstić information content (AvgIpc) is 3.31. The number of nitrogens with one attached hydrogen (secondary N) is 2. The zero-order valence-electron chi connectivity index (χ0n) is 18.5. The number of benzene rings is 1. The molecule has 31 heavy (non-hydrogen) atoms. The fourth-order valence-electron chi connectivity index (χ4n) is 4.59. The van der Waals surface area contributed by atoms with Crippen LogP contribution in [0, 0.1) is 0 Å². The molecule has 2 aliphatic rings. The molecule has 0 spiro atoms. The van der Waals surface area contributed by atoms with E-state index in [1.54, 1.807) is 0 Å². The third-order valence-electron chi connectivity index (χ3n) is 6.30. The van der Waals surface area contributed by atoms with Gasteiger partial charge in [0.25, 0.3) is 0 Å². The van der Waals surface area contributed by atoms with Crippen LogP contribution in [-0.2, 0) is 17.6 Å². The van der Waals surface area contributed by atoms with Crippen LogP contribution in [0.2, 0.25) is 0 Å². The quantitative estimate of drug-likeness (QED) is 0.314. The zero-order chi connectivity index (χ0) is 21.3. The molecule has 6 heteroatoms. The minimum absolute atomic E-state index is 0.226. The van der Waals surface area contributed by atoms with Crippen molar-refractivity contribution in [1.82, 2.24) is 10.3 Å². The summed E-state index contributed by atoms with van der Waals surface area (Å²) in [5, 5.41) is 8.87. The molecule has 1 fully saturated rings. The Morgan fingerprint density at radius 1 is 1.06 bits per heavy atom. The van der Waals surface area contributed by atoms with Crippen molar-refractivity contribution in [2.75, 3.05) is 24.2 Å². The number of hydrogen-bond donors (Lipinski definition) is 2. The number of rotatable bonds is 11. The second-order valence-electron chi connectivity index (χ2n) is 8.69. The molecule has 1 aliphatic heterocycles. The molecule has 4 nitrogen and oxygen atoms in total. The maximum Gasteiger partial charge on any atom is 0.219 e. The molecule has 1 amide bonds. The van der Waals surface area contributed by atoms with E-state index in [1.807, 2.05) is 21.6 Å². The van der Waals surface area contributed by atoms with E-state index in [0.717, 1.165) is 62.4 Å². The van der Waals surface area contributed by atoms with Crippen molar-refractivity contribution >= 4 is 44.1 Å². The number of pyridine rings is 1. The molecule has 2 aromatic rings. The van der Waals surface area contributed by atoms with Crippen molar-refractivity contribution in [2.45, 2.75) is 75.9 Å². The molecule has 4 rings (SSSR count). The number of amides is 1. The third-order valence-corrected chi connectivity index (χ3v) is 9.31. The fraction of sp³-hybridized carbons (Fsp3) is 0.600. The summed E-state index contributed by atoms with van der Waals surface area (Å²) in [5.41, 5.74) is 5.15. The Kier molecular flexibility index (Phi) is 8.82. The summed E-state index contributed by atoms with van der Waals surface area (Å²) in [5.74, 6) is 1.50. The molecule has 1 unspecified atom stereocenters. The highest BCUT2D eigenvalue weighted by molar-refractivity contribution is 8.77. The summed E-state index contributed by atoms with van der Waals surface area (Å²) in [7, 11) is 3.98. The van der Waals surface area contributed by atoms with E-state index < -0.39 is 0 Å². The van der Waals surface area contributed by atoms with Crippen molar-refractivity contribution in [3.63, 3.8) is 0 Å². The Balaban J connectivity index is 1.14. The molecule has 168 valence electrons. The van der Waals surface area contributed by atoms with Crippen LogP contribution in [-0.4, -0.2) is 35.0 Å². The summed E-state index contributed by atoms with van der Waals surface area (Å²) < 4.78 is 0. The molecule has 2 heterocycles. The van der Waals surface area contributed by atoms with Gasteiger partial charge in [0.15, 0.2) is 0 Å². The van der Waals surface area contributed by atoms with Crippen molar-refractivity contribution in [3.8, 4) is 0 Å². The highest BCUT2D eigenvalue weighted by atomic mass is 33.1. The van der Waals surface area contributed by atoms with Gasteiger partial charge in [0.2, 0.25) is 5.91 Å². The first-order valence-electron chi connectivity index (χ1n) is 12.0. The van der Waals surface area contributed by atoms with E-state index >= 15 is 0 Å². The highest BCUT2D eigenvalue weighted by Gasteiger charge is 2.18. The molecule has 1 aromatic heterocycles. The number of aryl methyl sites for hydroxylation is 1. The topological polar surface area (TPSA) is 54.0 Å². The molecular formula is C25H35N3OS2. The first-order valence-corrected chi connectivity index (χ1v) is 14.4. The van der Waals surface area contributed by atoms with E-state index in [1.165, 1.54) is 53.8 Å². The molecule has 0 saturated carbocycles. The summed E-state index contributed by atoms with van der Waals surface area (Å²) in [4.78, 5) is 16.9. The largest absolute Gasteiger partial charge is 0.384 e. The number of carbonyl (C=O) groups excluding carboxylic acids is 1. The Morgan fingerprint density at radius 3 is 2.84 bits per heavy atom. The van der Waals surface area contributed by atoms with Gasteiger partial charge in [0, 0.05) is 47.3 Å². The van der Waals surface area contributed by atoms with Gasteiger partial charge >= 0.3 is 0 Å². The van der Waals surface area contributed by atoms with Gasteiger partial charge in [0.1, 0.15) is 0 Å². The molecule has 1 saturated heterocycles. The van der Waals surface area contributed by atoms with Crippen LogP contribution in [0.25, 0.3) is 10.9 Å². The van der Waals surface area contributed by atoms with E-state index in [4.69, 9.17) is 4.98 Å². The van der Waals surface area contributed by atoms with Gasteiger partial charge in [-0.3, -0.25) is 9.78 Å². The van der Waals surface area contributed by atoms with Crippen LogP contribution in [0.1, 0.15) is 69.0 Å². The predicted octanol–water partition coefficient (Wildman–Crippen LogP) is 6.14. The third kappa shape index (κ3) is 6.55. The van der Waals surface area contributed by atoms with Crippen molar-refractivity contribution < 1.29 is 4.79 Å². The zero-order valence-corrected chi connectivity index (χ0v) is 20.1. The smallest absolute Gasteiger partial charge is 0.219 e. The van der Waals surface area contributed by atoms with Gasteiger partial charge in [0.05, 0.1) is 5.52 Å². The SMILES string of the molecule is O=C(CCCC1CCSS1)NCCCCCNc1c2c(nc3ccccc13)CCCC2. The van der Waals surface area contributed by atoms with Crippen LogP contribution in [0.3, 0.4) is 0 Å². The lowest BCUT2D eigenvalue weighted by molar-refractivity contribution is -0.121. The van der Waals surface area contributed by atoms with E-state index in [2.05, 4.69) is 34.9 Å². The van der Waals surface area contributed by atoms with E-state index in [-0.39, 0.29) is 5.91 Å². The maximum absolute atomic E-state index is 12.0. The average molecular weight is 458 g/mol. The van der Waals surface area contributed by atoms with E-state index in [9.17, 15) is 4.79 Å². The number of fused-ring (bicyclic) bond motifs is 2. The summed E-state index contributed by atoms with van der Waals surface area (Å²) in [6.45, 7) is 1.78. The van der Waals surface area contributed by atoms with Crippen LogP contribution >= 0.6 is 21.6 Å². The van der Waals surface area contributed by atoms with Gasteiger partial charge in [-0.2, -0.15) is 0 Å².